The fourth-order valence-electron chi connectivity index (χ4n) is 4.27. The van der Waals surface area contributed by atoms with Crippen LogP contribution in [0.25, 0.3) is 5.70 Å². The van der Waals surface area contributed by atoms with Crippen molar-refractivity contribution >= 4 is 17.5 Å². The van der Waals surface area contributed by atoms with Crippen LogP contribution in [0.1, 0.15) is 29.5 Å². The molecule has 1 unspecified atom stereocenters. The number of hydrazine groups is 1. The van der Waals surface area contributed by atoms with Crippen molar-refractivity contribution in [2.24, 2.45) is 0 Å². The zero-order valence-electron chi connectivity index (χ0n) is 21.2. The third kappa shape index (κ3) is 6.93. The highest BCUT2D eigenvalue weighted by Gasteiger charge is 2.29. The number of hydrogen-bond donors (Lipinski definition) is 2. The van der Waals surface area contributed by atoms with Crippen molar-refractivity contribution in [1.29, 1.82) is 0 Å². The summed E-state index contributed by atoms with van der Waals surface area (Å²) in [6.45, 7) is 4.29. The molecule has 2 aliphatic rings. The highest BCUT2D eigenvalue weighted by molar-refractivity contribution is 5.70. The van der Waals surface area contributed by atoms with Gasteiger partial charge in [0, 0.05) is 37.8 Å². The van der Waals surface area contributed by atoms with Crippen LogP contribution in [-0.2, 0) is 20.8 Å². The molecule has 2 aliphatic heterocycles. The van der Waals surface area contributed by atoms with Crippen molar-refractivity contribution in [3.05, 3.63) is 77.6 Å². The maximum absolute atomic E-state index is 14.5. The number of ether oxygens (including phenoxy) is 2. The van der Waals surface area contributed by atoms with Crippen molar-refractivity contribution in [2.45, 2.75) is 19.0 Å². The van der Waals surface area contributed by atoms with Crippen molar-refractivity contribution < 1.29 is 27.6 Å². The lowest BCUT2D eigenvalue weighted by Crippen LogP contribution is -2.38. The van der Waals surface area contributed by atoms with Crippen LogP contribution >= 0.6 is 0 Å². The average Bonchev–Trinajstić information content (AvgIpc) is 3.62. The number of rotatable bonds is 11. The molecular weight excluding hydrogens is 512 g/mol. The van der Waals surface area contributed by atoms with E-state index >= 15 is 0 Å². The van der Waals surface area contributed by atoms with Crippen LogP contribution < -0.4 is 10.7 Å². The van der Waals surface area contributed by atoms with E-state index in [-0.39, 0.29) is 42.9 Å². The van der Waals surface area contributed by atoms with Crippen molar-refractivity contribution in [1.82, 2.24) is 30.5 Å². The van der Waals surface area contributed by atoms with Crippen molar-refractivity contribution in [3.8, 4) is 0 Å². The van der Waals surface area contributed by atoms with Gasteiger partial charge in [0.25, 0.3) is 0 Å². The summed E-state index contributed by atoms with van der Waals surface area (Å²) in [5.41, 5.74) is 4.87. The second-order valence-corrected chi connectivity index (χ2v) is 9.00. The van der Waals surface area contributed by atoms with Gasteiger partial charge in [0.2, 0.25) is 0 Å². The first-order valence-electron chi connectivity index (χ1n) is 12.7. The van der Waals surface area contributed by atoms with Crippen LogP contribution in [-0.4, -0.2) is 77.0 Å². The predicted molar refractivity (Wildman–Crippen MR) is 136 cm³/mol. The van der Waals surface area contributed by atoms with Crippen molar-refractivity contribution in [3.63, 3.8) is 0 Å². The number of nitrogens with zero attached hydrogens (tertiary/aromatic N) is 5. The van der Waals surface area contributed by atoms with Gasteiger partial charge in [-0.2, -0.15) is 0 Å². The minimum absolute atomic E-state index is 0.0353. The molecule has 2 N–H and O–H groups in total. The average molecular weight is 542 g/mol. The normalized spacial score (nSPS) is 17.7. The number of nitrogens with one attached hydrogen (secondary N) is 2. The molecule has 3 aromatic rings. The van der Waals surface area contributed by atoms with E-state index in [4.69, 9.17) is 14.0 Å². The van der Waals surface area contributed by atoms with E-state index in [0.717, 1.165) is 19.3 Å². The summed E-state index contributed by atoms with van der Waals surface area (Å²) in [4.78, 5) is 22.7. The van der Waals surface area contributed by atoms with E-state index < -0.39 is 11.9 Å². The lowest BCUT2D eigenvalue weighted by molar-refractivity contribution is -0.144. The van der Waals surface area contributed by atoms with Gasteiger partial charge in [0.1, 0.15) is 30.4 Å². The summed E-state index contributed by atoms with van der Waals surface area (Å²) < 4.78 is 44.4. The maximum atomic E-state index is 14.5. The van der Waals surface area contributed by atoms with Gasteiger partial charge in [-0.1, -0.05) is 23.4 Å². The Morgan fingerprint density at radius 1 is 1.18 bits per heavy atom. The van der Waals surface area contributed by atoms with Gasteiger partial charge in [-0.3, -0.25) is 9.69 Å². The largest absolute Gasteiger partial charge is 0.464 e. The lowest BCUT2D eigenvalue weighted by Gasteiger charge is -2.26. The molecule has 2 aromatic heterocycles. The van der Waals surface area contributed by atoms with E-state index in [1.807, 2.05) is 6.08 Å². The van der Waals surface area contributed by atoms with E-state index in [2.05, 4.69) is 30.8 Å². The molecule has 0 aliphatic carbocycles. The molecule has 0 spiro atoms. The number of hydrogen-bond acceptors (Lipinski definition) is 11. The fraction of sp³-hybridized carbons (Fsp3) is 0.385. The first kappa shape index (κ1) is 26.7. The molecule has 0 bridgehead atoms. The number of esters is 1. The lowest BCUT2D eigenvalue weighted by atomic mass is 10.2. The molecule has 13 heteroatoms. The summed E-state index contributed by atoms with van der Waals surface area (Å²) in [6.07, 6.45) is 4.36. The zero-order chi connectivity index (χ0) is 27.0. The molecule has 1 atom stereocenters. The number of anilines is 1. The van der Waals surface area contributed by atoms with Crippen LogP contribution in [0.15, 0.2) is 53.4 Å². The van der Waals surface area contributed by atoms with E-state index in [0.29, 0.717) is 43.3 Å². The van der Waals surface area contributed by atoms with Crippen molar-refractivity contribution in [2.75, 3.05) is 51.3 Å². The summed E-state index contributed by atoms with van der Waals surface area (Å²) in [6, 6.07) is 7.60. The van der Waals surface area contributed by atoms with Gasteiger partial charge in [-0.25, -0.2) is 24.2 Å². The Kier molecular flexibility index (Phi) is 8.71. The number of aromatic nitrogens is 3. The van der Waals surface area contributed by atoms with Crippen LogP contribution in [0.3, 0.4) is 0 Å². The Labute approximate surface area is 223 Å². The molecule has 1 saturated heterocycles. The monoisotopic (exact) mass is 541 g/mol. The summed E-state index contributed by atoms with van der Waals surface area (Å²) in [7, 11) is 0. The molecule has 206 valence electrons. The van der Waals surface area contributed by atoms with Crippen LogP contribution in [0.5, 0.6) is 0 Å². The first-order valence-corrected chi connectivity index (χ1v) is 12.7. The Balaban J connectivity index is 1.19. The van der Waals surface area contributed by atoms with E-state index in [1.165, 1.54) is 12.3 Å². The molecule has 0 radical (unpaired) electrons. The minimum atomic E-state index is -0.652. The minimum Gasteiger partial charge on any atom is -0.464 e. The third-order valence-corrected chi connectivity index (χ3v) is 6.33. The molecule has 11 nitrogen and oxygen atoms in total. The molecule has 4 heterocycles. The Morgan fingerprint density at radius 2 is 2.03 bits per heavy atom. The Bertz CT molecular complexity index is 1290. The van der Waals surface area contributed by atoms with Gasteiger partial charge in [-0.15, -0.1) is 0 Å². The van der Waals surface area contributed by atoms with Gasteiger partial charge >= 0.3 is 5.97 Å². The quantitative estimate of drug-likeness (QED) is 0.349. The van der Waals surface area contributed by atoms with Gasteiger partial charge < -0.3 is 24.3 Å². The fourth-order valence-corrected chi connectivity index (χ4v) is 4.27. The summed E-state index contributed by atoms with van der Waals surface area (Å²) in [5.74, 6) is -1.13. The molecule has 1 aromatic carbocycles. The Morgan fingerprint density at radius 3 is 2.82 bits per heavy atom. The van der Waals surface area contributed by atoms with Crippen LogP contribution in [0.4, 0.5) is 14.6 Å². The van der Waals surface area contributed by atoms with Gasteiger partial charge in [0.15, 0.2) is 17.5 Å². The van der Waals surface area contributed by atoms with Gasteiger partial charge in [0.05, 0.1) is 38.1 Å². The molecule has 0 saturated carbocycles. The zero-order valence-corrected chi connectivity index (χ0v) is 21.2. The van der Waals surface area contributed by atoms with Crippen LogP contribution in [0, 0.1) is 11.6 Å². The van der Waals surface area contributed by atoms with E-state index in [9.17, 15) is 13.6 Å². The Hall–Kier alpha value is -3.94. The number of halogens is 2. The highest BCUT2D eigenvalue weighted by Crippen LogP contribution is 2.30. The number of carbonyl (C=O) groups excluding carboxylic acids is 1. The predicted octanol–water partition coefficient (Wildman–Crippen LogP) is 2.52. The molecule has 39 heavy (non-hydrogen) atoms. The first-order chi connectivity index (χ1) is 19.1. The standard InChI is InChI=1S/C26H29F2N7O4/c27-19-4-2-1-3-18(19)17-35-23(21-6-11-39-33-21)15-22(32-35)26-30-16-20(28)25(31-26)29-7-5-24(36)38-14-10-34-8-12-37-13-9-34/h1-4,6,11,15-16,22,32H,5,7-10,12-14,17H2,(H,29,30,31). The SMILES string of the molecule is O=C(CCNc1nc(C2C=C(c3ccon3)N(Cc3ccccc3F)N2)ncc1F)OCCN1CCOCC1. The van der Waals surface area contributed by atoms with Gasteiger partial charge in [-0.05, 0) is 12.1 Å². The number of morpholine rings is 1. The second kappa shape index (κ2) is 12.7. The molecule has 5 rings (SSSR count). The number of benzene rings is 1. The molecule has 0 amide bonds. The third-order valence-electron chi connectivity index (χ3n) is 6.33. The molecular formula is C26H29F2N7O4. The smallest absolute Gasteiger partial charge is 0.307 e. The molecule has 1 fully saturated rings. The van der Waals surface area contributed by atoms with Crippen LogP contribution in [0.2, 0.25) is 0 Å². The maximum Gasteiger partial charge on any atom is 0.307 e. The summed E-state index contributed by atoms with van der Waals surface area (Å²) >= 11 is 0. The number of carbonyl (C=O) groups is 1. The highest BCUT2D eigenvalue weighted by atomic mass is 19.1. The summed E-state index contributed by atoms with van der Waals surface area (Å²) in [5, 5.41) is 8.56. The second-order valence-electron chi connectivity index (χ2n) is 9.00. The van der Waals surface area contributed by atoms with E-state index in [1.54, 1.807) is 29.3 Å². The topological polar surface area (TPSA) is 118 Å².